The zero-order valence-corrected chi connectivity index (χ0v) is 11.8. The molecule has 2 aromatic rings. The van der Waals surface area contributed by atoms with E-state index in [-0.39, 0.29) is 17.2 Å². The van der Waals surface area contributed by atoms with Crippen LogP contribution in [0.15, 0.2) is 40.9 Å². The molecule has 0 saturated carbocycles. The molecule has 1 N–H and O–H groups in total. The van der Waals surface area contributed by atoms with Crippen LogP contribution in [0.1, 0.15) is 10.4 Å². The van der Waals surface area contributed by atoms with Crippen molar-refractivity contribution in [2.75, 3.05) is 0 Å². The number of nitro benzene ring substituents is 1. The van der Waals surface area contributed by atoms with E-state index in [1.807, 2.05) is 0 Å². The lowest BCUT2D eigenvalue weighted by Crippen LogP contribution is -2.03. The van der Waals surface area contributed by atoms with Gasteiger partial charge in [-0.15, -0.1) is 0 Å². The lowest BCUT2D eigenvalue weighted by Gasteiger charge is -2.09. The number of nitro groups is 1. The van der Waals surface area contributed by atoms with Crippen LogP contribution in [-0.4, -0.2) is 16.0 Å². The molecule has 0 bridgehead atoms. The van der Waals surface area contributed by atoms with Crippen molar-refractivity contribution < 1.29 is 24.0 Å². The lowest BCUT2D eigenvalue weighted by molar-refractivity contribution is -0.385. The van der Waals surface area contributed by atoms with E-state index < -0.39 is 22.3 Å². The normalized spacial score (nSPS) is 10.2. The third-order valence-electron chi connectivity index (χ3n) is 2.48. The molecule has 0 amide bonds. The van der Waals surface area contributed by atoms with E-state index >= 15 is 0 Å². The molecule has 2 rings (SSSR count). The van der Waals surface area contributed by atoms with Crippen molar-refractivity contribution in [2.24, 2.45) is 0 Å². The number of hydrogen-bond acceptors (Lipinski definition) is 4. The van der Waals surface area contributed by atoms with Crippen LogP contribution in [0.25, 0.3) is 0 Å². The van der Waals surface area contributed by atoms with Crippen LogP contribution in [0.5, 0.6) is 11.5 Å². The van der Waals surface area contributed by atoms with Gasteiger partial charge in [-0.3, -0.25) is 10.1 Å². The van der Waals surface area contributed by atoms with Crippen LogP contribution in [0.2, 0.25) is 0 Å². The summed E-state index contributed by atoms with van der Waals surface area (Å²) in [6.07, 6.45) is 0. The van der Waals surface area contributed by atoms with Gasteiger partial charge < -0.3 is 9.84 Å². The molecule has 2 aromatic carbocycles. The van der Waals surface area contributed by atoms with Crippen LogP contribution >= 0.6 is 15.9 Å². The third kappa shape index (κ3) is 3.34. The Hall–Kier alpha value is -2.48. The van der Waals surface area contributed by atoms with Crippen LogP contribution in [-0.2, 0) is 0 Å². The Morgan fingerprint density at radius 3 is 2.67 bits per heavy atom. The molecule has 0 atom stereocenters. The van der Waals surface area contributed by atoms with Crippen molar-refractivity contribution in [3.63, 3.8) is 0 Å². The Kier molecular flexibility index (Phi) is 4.18. The fourth-order valence-electron chi connectivity index (χ4n) is 1.64. The summed E-state index contributed by atoms with van der Waals surface area (Å²) in [6.45, 7) is 0. The van der Waals surface area contributed by atoms with E-state index in [2.05, 4.69) is 15.9 Å². The number of nitrogens with zero attached hydrogens (tertiary/aromatic N) is 1. The van der Waals surface area contributed by atoms with E-state index in [0.29, 0.717) is 4.47 Å². The minimum atomic E-state index is -1.49. The maximum absolute atomic E-state index is 13.5. The van der Waals surface area contributed by atoms with Crippen LogP contribution in [0.4, 0.5) is 10.1 Å². The van der Waals surface area contributed by atoms with E-state index in [1.54, 1.807) is 0 Å². The second-order valence-corrected chi connectivity index (χ2v) is 4.84. The second-order valence-electron chi connectivity index (χ2n) is 3.92. The minimum Gasteiger partial charge on any atom is -0.477 e. The van der Waals surface area contributed by atoms with E-state index in [1.165, 1.54) is 24.3 Å². The van der Waals surface area contributed by atoms with E-state index in [0.717, 1.165) is 12.1 Å². The molecule has 0 saturated heterocycles. The number of carboxylic acids is 1. The van der Waals surface area contributed by atoms with Crippen molar-refractivity contribution in [2.45, 2.75) is 0 Å². The quantitative estimate of drug-likeness (QED) is 0.661. The summed E-state index contributed by atoms with van der Waals surface area (Å²) in [4.78, 5) is 21.2. The van der Waals surface area contributed by atoms with Crippen molar-refractivity contribution in [1.29, 1.82) is 0 Å². The summed E-state index contributed by atoms with van der Waals surface area (Å²) >= 11 is 3.08. The Bertz CT molecular complexity index is 734. The van der Waals surface area contributed by atoms with Gasteiger partial charge in [-0.25, -0.2) is 9.18 Å². The summed E-state index contributed by atoms with van der Waals surface area (Å²) in [6, 6.07) is 7.31. The van der Waals surface area contributed by atoms with Crippen LogP contribution < -0.4 is 4.74 Å². The van der Waals surface area contributed by atoms with Gasteiger partial charge in [0.2, 0.25) is 0 Å². The Labute approximate surface area is 126 Å². The topological polar surface area (TPSA) is 89.7 Å². The molecule has 0 unspecified atom stereocenters. The number of hydrogen-bond donors (Lipinski definition) is 1. The molecule has 0 spiro atoms. The first kappa shape index (κ1) is 14.9. The van der Waals surface area contributed by atoms with Gasteiger partial charge in [-0.05, 0) is 18.2 Å². The fourth-order valence-corrected chi connectivity index (χ4v) is 2.10. The van der Waals surface area contributed by atoms with Gasteiger partial charge in [-0.1, -0.05) is 22.0 Å². The van der Waals surface area contributed by atoms with Crippen LogP contribution in [0, 0.1) is 15.9 Å². The van der Waals surface area contributed by atoms with Gasteiger partial charge in [-0.2, -0.15) is 0 Å². The first-order chi connectivity index (χ1) is 9.88. The SMILES string of the molecule is O=C(O)c1c(F)cccc1Oc1cc(Br)cc([N+](=O)[O-])c1. The fraction of sp³-hybridized carbons (Fsp3) is 0. The molecule has 21 heavy (non-hydrogen) atoms. The summed E-state index contributed by atoms with van der Waals surface area (Å²) in [5.74, 6) is -2.67. The zero-order valence-electron chi connectivity index (χ0n) is 10.2. The first-order valence-corrected chi connectivity index (χ1v) is 6.32. The summed E-state index contributed by atoms with van der Waals surface area (Å²) < 4.78 is 19.2. The summed E-state index contributed by atoms with van der Waals surface area (Å²) in [5.41, 5.74) is -0.882. The number of non-ortho nitro benzene ring substituents is 1. The monoisotopic (exact) mass is 355 g/mol. The first-order valence-electron chi connectivity index (χ1n) is 5.53. The summed E-state index contributed by atoms with van der Waals surface area (Å²) in [5, 5.41) is 19.7. The zero-order chi connectivity index (χ0) is 15.6. The Balaban J connectivity index is 2.46. The molecule has 0 aliphatic heterocycles. The smallest absolute Gasteiger partial charge is 0.342 e. The van der Waals surface area contributed by atoms with Gasteiger partial charge in [0.25, 0.3) is 5.69 Å². The third-order valence-corrected chi connectivity index (χ3v) is 2.94. The van der Waals surface area contributed by atoms with Crippen molar-refractivity contribution in [1.82, 2.24) is 0 Å². The minimum absolute atomic E-state index is 0.0178. The van der Waals surface area contributed by atoms with Gasteiger partial charge in [0.05, 0.1) is 11.0 Å². The molecule has 0 aliphatic rings. The van der Waals surface area contributed by atoms with Crippen molar-refractivity contribution in [3.8, 4) is 11.5 Å². The molecule has 0 aliphatic carbocycles. The average molecular weight is 356 g/mol. The van der Waals surface area contributed by atoms with Gasteiger partial charge >= 0.3 is 5.97 Å². The molecular formula is C13H7BrFNO5. The predicted octanol–water partition coefficient (Wildman–Crippen LogP) is 3.99. The number of ether oxygens (including phenoxy) is 1. The summed E-state index contributed by atoms with van der Waals surface area (Å²) in [7, 11) is 0. The molecule has 108 valence electrons. The average Bonchev–Trinajstić information content (AvgIpc) is 2.37. The lowest BCUT2D eigenvalue weighted by atomic mass is 10.2. The predicted molar refractivity (Wildman–Crippen MR) is 74.2 cm³/mol. The van der Waals surface area contributed by atoms with E-state index in [4.69, 9.17) is 9.84 Å². The second kappa shape index (κ2) is 5.88. The maximum Gasteiger partial charge on any atom is 0.342 e. The van der Waals surface area contributed by atoms with Crippen molar-refractivity contribution >= 4 is 27.6 Å². The Morgan fingerprint density at radius 2 is 2.05 bits per heavy atom. The molecule has 6 nitrogen and oxygen atoms in total. The molecule has 0 fully saturated rings. The van der Waals surface area contributed by atoms with Gasteiger partial charge in [0.1, 0.15) is 22.9 Å². The number of benzene rings is 2. The van der Waals surface area contributed by atoms with Gasteiger partial charge in [0, 0.05) is 10.5 Å². The molecule has 8 heteroatoms. The number of halogens is 2. The number of carbonyl (C=O) groups is 1. The maximum atomic E-state index is 13.5. The molecular weight excluding hydrogens is 349 g/mol. The number of rotatable bonds is 4. The van der Waals surface area contributed by atoms with Gasteiger partial charge in [0.15, 0.2) is 0 Å². The van der Waals surface area contributed by atoms with Crippen LogP contribution in [0.3, 0.4) is 0 Å². The molecule has 0 heterocycles. The number of carboxylic acid groups (broad SMARTS) is 1. The molecule has 0 radical (unpaired) electrons. The van der Waals surface area contributed by atoms with Crippen molar-refractivity contribution in [3.05, 3.63) is 62.4 Å². The molecule has 0 aromatic heterocycles. The highest BCUT2D eigenvalue weighted by Crippen LogP contribution is 2.32. The highest BCUT2D eigenvalue weighted by atomic mass is 79.9. The highest BCUT2D eigenvalue weighted by molar-refractivity contribution is 9.10. The Morgan fingerprint density at radius 1 is 1.33 bits per heavy atom. The number of aromatic carboxylic acids is 1. The highest BCUT2D eigenvalue weighted by Gasteiger charge is 2.18. The largest absolute Gasteiger partial charge is 0.477 e. The standard InChI is InChI=1S/C13H7BrFNO5/c14-7-4-8(16(19)20)6-9(5-7)21-11-3-1-2-10(15)12(11)13(17)18/h1-6H,(H,17,18). The van der Waals surface area contributed by atoms with E-state index in [9.17, 15) is 19.3 Å².